The van der Waals surface area contributed by atoms with Gasteiger partial charge in [-0.1, -0.05) is 26.7 Å². The fourth-order valence-electron chi connectivity index (χ4n) is 4.90. The van der Waals surface area contributed by atoms with Crippen molar-refractivity contribution in [1.29, 1.82) is 0 Å². The van der Waals surface area contributed by atoms with Gasteiger partial charge in [0.05, 0.1) is 0 Å². The topological polar surface area (TPSA) is 15.3 Å². The highest BCUT2D eigenvalue weighted by atomic mass is 15.2. The Hall–Kier alpha value is -0.0800. The minimum absolute atomic E-state index is 0.552. The molecule has 2 aliphatic heterocycles. The second-order valence-corrected chi connectivity index (χ2v) is 7.83. The summed E-state index contributed by atoms with van der Waals surface area (Å²) in [7, 11) is 0. The molecule has 0 bridgehead atoms. The summed E-state index contributed by atoms with van der Waals surface area (Å²) in [5, 5.41) is 3.72. The van der Waals surface area contributed by atoms with Crippen molar-refractivity contribution in [3.05, 3.63) is 0 Å². The van der Waals surface area contributed by atoms with E-state index in [2.05, 4.69) is 24.1 Å². The number of likely N-dealkylation sites (tertiary alicyclic amines) is 1. The minimum Gasteiger partial charge on any atom is -0.314 e. The van der Waals surface area contributed by atoms with E-state index in [0.29, 0.717) is 5.41 Å². The molecule has 0 spiro atoms. The molecule has 0 aromatic carbocycles. The van der Waals surface area contributed by atoms with Crippen molar-refractivity contribution >= 4 is 0 Å². The molecule has 0 amide bonds. The van der Waals surface area contributed by atoms with E-state index in [4.69, 9.17) is 0 Å². The molecule has 1 aliphatic carbocycles. The molecule has 3 fully saturated rings. The quantitative estimate of drug-likeness (QED) is 0.822. The van der Waals surface area contributed by atoms with E-state index in [-0.39, 0.29) is 0 Å². The van der Waals surface area contributed by atoms with Gasteiger partial charge in [0.25, 0.3) is 0 Å². The predicted molar refractivity (Wildman–Crippen MR) is 81.4 cm³/mol. The van der Waals surface area contributed by atoms with E-state index in [9.17, 15) is 0 Å². The van der Waals surface area contributed by atoms with Crippen LogP contribution in [-0.2, 0) is 0 Å². The van der Waals surface area contributed by atoms with Gasteiger partial charge in [-0.15, -0.1) is 0 Å². The first-order chi connectivity index (χ1) is 9.17. The van der Waals surface area contributed by atoms with Gasteiger partial charge < -0.3 is 5.32 Å². The molecule has 2 nitrogen and oxygen atoms in total. The number of nitrogens with one attached hydrogen (secondary N) is 1. The van der Waals surface area contributed by atoms with Crippen LogP contribution in [0.2, 0.25) is 0 Å². The molecule has 1 N–H and O–H groups in total. The van der Waals surface area contributed by atoms with E-state index < -0.39 is 0 Å². The molecule has 2 heteroatoms. The van der Waals surface area contributed by atoms with Crippen LogP contribution in [0.3, 0.4) is 0 Å². The second-order valence-electron chi connectivity index (χ2n) is 7.83. The Bertz CT molecular complexity index is 286. The molecule has 2 atom stereocenters. The maximum absolute atomic E-state index is 3.72. The Kier molecular flexibility index (Phi) is 4.19. The molecule has 2 heterocycles. The SMILES string of the molecule is CC1(C)CCCCC1N1CCC(C2CCCN2)CC1. The first-order valence-electron chi connectivity index (χ1n) is 8.64. The smallest absolute Gasteiger partial charge is 0.0146 e. The normalized spacial score (nSPS) is 37.6. The van der Waals surface area contributed by atoms with Gasteiger partial charge >= 0.3 is 0 Å². The predicted octanol–water partition coefficient (Wildman–Crippen LogP) is 3.42. The van der Waals surface area contributed by atoms with Gasteiger partial charge in [-0.05, 0) is 69.5 Å². The standard InChI is InChI=1S/C17H32N2/c1-17(2)10-4-3-7-16(17)19-12-8-14(9-13-19)15-6-5-11-18-15/h14-16,18H,3-13H2,1-2H3. The molecule has 0 aromatic rings. The van der Waals surface area contributed by atoms with Crippen molar-refractivity contribution in [2.24, 2.45) is 11.3 Å². The Morgan fingerprint density at radius 3 is 2.37 bits per heavy atom. The highest BCUT2D eigenvalue weighted by Crippen LogP contribution is 2.40. The second kappa shape index (κ2) is 5.73. The van der Waals surface area contributed by atoms with Crippen molar-refractivity contribution in [3.63, 3.8) is 0 Å². The third kappa shape index (κ3) is 3.00. The minimum atomic E-state index is 0.552. The third-order valence-electron chi connectivity index (χ3n) is 6.13. The van der Waals surface area contributed by atoms with E-state index in [1.54, 1.807) is 0 Å². The highest BCUT2D eigenvalue weighted by molar-refractivity contribution is 4.93. The zero-order valence-corrected chi connectivity index (χ0v) is 13.0. The van der Waals surface area contributed by atoms with Crippen LogP contribution in [0.25, 0.3) is 0 Å². The van der Waals surface area contributed by atoms with E-state index in [1.807, 2.05) is 0 Å². The summed E-state index contributed by atoms with van der Waals surface area (Å²) >= 11 is 0. The fourth-order valence-corrected chi connectivity index (χ4v) is 4.90. The molecule has 1 saturated carbocycles. The van der Waals surface area contributed by atoms with Gasteiger partial charge in [-0.25, -0.2) is 0 Å². The lowest BCUT2D eigenvalue weighted by atomic mass is 9.72. The van der Waals surface area contributed by atoms with Crippen molar-refractivity contribution in [2.75, 3.05) is 19.6 Å². The van der Waals surface area contributed by atoms with E-state index in [0.717, 1.165) is 18.0 Å². The number of hydrogen-bond acceptors (Lipinski definition) is 2. The van der Waals surface area contributed by atoms with Crippen LogP contribution in [0.1, 0.15) is 65.2 Å². The Balaban J connectivity index is 1.54. The lowest BCUT2D eigenvalue weighted by molar-refractivity contribution is 0.0214. The number of hydrogen-bond donors (Lipinski definition) is 1. The summed E-state index contributed by atoms with van der Waals surface area (Å²) in [5.74, 6) is 0.963. The van der Waals surface area contributed by atoms with Crippen LogP contribution < -0.4 is 5.32 Å². The van der Waals surface area contributed by atoms with Crippen molar-refractivity contribution in [3.8, 4) is 0 Å². The molecule has 0 radical (unpaired) electrons. The van der Waals surface area contributed by atoms with Gasteiger partial charge in [0.15, 0.2) is 0 Å². The summed E-state index contributed by atoms with van der Waals surface area (Å²) in [6, 6.07) is 1.71. The first-order valence-corrected chi connectivity index (χ1v) is 8.64. The summed E-state index contributed by atoms with van der Waals surface area (Å²) in [6.07, 6.45) is 11.5. The molecule has 19 heavy (non-hydrogen) atoms. The number of nitrogens with zero attached hydrogens (tertiary/aromatic N) is 1. The van der Waals surface area contributed by atoms with Crippen molar-refractivity contribution in [1.82, 2.24) is 10.2 Å². The Labute approximate surface area is 119 Å². The average Bonchev–Trinajstić information content (AvgIpc) is 2.92. The summed E-state index contributed by atoms with van der Waals surface area (Å²) in [6.45, 7) is 8.98. The maximum Gasteiger partial charge on any atom is 0.0146 e. The highest BCUT2D eigenvalue weighted by Gasteiger charge is 2.38. The van der Waals surface area contributed by atoms with Crippen LogP contribution in [0.4, 0.5) is 0 Å². The van der Waals surface area contributed by atoms with Crippen LogP contribution in [0.5, 0.6) is 0 Å². The van der Waals surface area contributed by atoms with Crippen LogP contribution in [-0.4, -0.2) is 36.6 Å². The largest absolute Gasteiger partial charge is 0.314 e. The Morgan fingerprint density at radius 1 is 0.947 bits per heavy atom. The van der Waals surface area contributed by atoms with Gasteiger partial charge in [0, 0.05) is 12.1 Å². The molecular formula is C17H32N2. The van der Waals surface area contributed by atoms with Gasteiger partial charge in [-0.2, -0.15) is 0 Å². The van der Waals surface area contributed by atoms with Crippen LogP contribution in [0.15, 0.2) is 0 Å². The molecule has 2 saturated heterocycles. The summed E-state index contributed by atoms with van der Waals surface area (Å²) in [4.78, 5) is 2.84. The zero-order chi connectivity index (χ0) is 13.3. The van der Waals surface area contributed by atoms with Gasteiger partial charge in [0.1, 0.15) is 0 Å². The fraction of sp³-hybridized carbons (Fsp3) is 1.00. The van der Waals surface area contributed by atoms with Gasteiger partial charge in [0.2, 0.25) is 0 Å². The molecule has 110 valence electrons. The monoisotopic (exact) mass is 264 g/mol. The average molecular weight is 264 g/mol. The van der Waals surface area contributed by atoms with Crippen molar-refractivity contribution < 1.29 is 0 Å². The lowest BCUT2D eigenvalue weighted by Gasteiger charge is -2.48. The zero-order valence-electron chi connectivity index (χ0n) is 13.0. The molecule has 3 rings (SSSR count). The summed E-state index contributed by atoms with van der Waals surface area (Å²) < 4.78 is 0. The lowest BCUT2D eigenvalue weighted by Crippen LogP contribution is -2.51. The molecule has 3 aliphatic rings. The van der Waals surface area contributed by atoms with E-state index in [1.165, 1.54) is 71.0 Å². The molecule has 0 aromatic heterocycles. The van der Waals surface area contributed by atoms with E-state index >= 15 is 0 Å². The van der Waals surface area contributed by atoms with Crippen LogP contribution in [0, 0.1) is 11.3 Å². The van der Waals surface area contributed by atoms with Gasteiger partial charge in [-0.3, -0.25) is 4.90 Å². The maximum atomic E-state index is 3.72. The molecular weight excluding hydrogens is 232 g/mol. The Morgan fingerprint density at radius 2 is 1.74 bits per heavy atom. The number of rotatable bonds is 2. The van der Waals surface area contributed by atoms with Crippen LogP contribution >= 0.6 is 0 Å². The summed E-state index contributed by atoms with van der Waals surface area (Å²) in [5.41, 5.74) is 0.552. The molecule has 2 unspecified atom stereocenters. The van der Waals surface area contributed by atoms with Crippen molar-refractivity contribution in [2.45, 2.75) is 77.3 Å². The third-order valence-corrected chi connectivity index (χ3v) is 6.13. The number of piperidine rings is 1. The first kappa shape index (κ1) is 13.9.